The number of esters is 1. The molecule has 0 saturated carbocycles. The number of hydrogen-bond acceptors (Lipinski definition) is 4. The van der Waals surface area contributed by atoms with Crippen LogP contribution in [0.15, 0.2) is 127 Å². The third-order valence-electron chi connectivity index (χ3n) is 8.41. The Balaban J connectivity index is 1.23. The van der Waals surface area contributed by atoms with Crippen molar-refractivity contribution in [3.63, 3.8) is 0 Å². The van der Waals surface area contributed by atoms with Gasteiger partial charge in [-0.05, 0) is 70.1 Å². The third kappa shape index (κ3) is 6.57. The van der Waals surface area contributed by atoms with Crippen LogP contribution >= 0.6 is 0 Å². The van der Waals surface area contributed by atoms with E-state index < -0.39 is 29.7 Å². The molecule has 0 fully saturated rings. The highest BCUT2D eigenvalue weighted by Crippen LogP contribution is 2.36. The van der Waals surface area contributed by atoms with E-state index in [0.29, 0.717) is 36.4 Å². The van der Waals surface area contributed by atoms with Crippen molar-refractivity contribution in [3.8, 4) is 16.9 Å². The number of fused-ring (bicyclic) bond motifs is 1. The van der Waals surface area contributed by atoms with Gasteiger partial charge in [0.2, 0.25) is 5.91 Å². The Morgan fingerprint density at radius 2 is 1.41 bits per heavy atom. The maximum Gasteiger partial charge on any atom is 0.416 e. The first-order valence-corrected chi connectivity index (χ1v) is 14.9. The van der Waals surface area contributed by atoms with Gasteiger partial charge in [-0.25, -0.2) is 4.79 Å². The molecule has 1 aliphatic rings. The minimum absolute atomic E-state index is 0.0239. The quantitative estimate of drug-likeness (QED) is 0.142. The Labute approximate surface area is 265 Å². The molecule has 0 radical (unpaired) electrons. The molecule has 6 rings (SSSR count). The van der Waals surface area contributed by atoms with Crippen molar-refractivity contribution in [2.45, 2.75) is 24.6 Å². The van der Waals surface area contributed by atoms with Gasteiger partial charge < -0.3 is 10.5 Å². The van der Waals surface area contributed by atoms with Crippen LogP contribution in [0.1, 0.15) is 50.1 Å². The smallest absolute Gasteiger partial charge is 0.416 e. The summed E-state index contributed by atoms with van der Waals surface area (Å²) in [4.78, 5) is 28.4. The lowest BCUT2D eigenvalue weighted by atomic mass is 9.87. The zero-order valence-electron chi connectivity index (χ0n) is 24.8. The van der Waals surface area contributed by atoms with Crippen LogP contribution in [0.3, 0.4) is 0 Å². The van der Waals surface area contributed by atoms with Crippen molar-refractivity contribution in [1.29, 1.82) is 0 Å². The van der Waals surface area contributed by atoms with Crippen LogP contribution in [0.25, 0.3) is 11.1 Å². The van der Waals surface area contributed by atoms with Gasteiger partial charge in [-0.3, -0.25) is 9.69 Å². The summed E-state index contributed by atoms with van der Waals surface area (Å²) < 4.78 is 45.0. The molecule has 1 heterocycles. The molecule has 0 aromatic heterocycles. The molecule has 1 aliphatic heterocycles. The lowest BCUT2D eigenvalue weighted by Gasteiger charge is -2.38. The molecule has 0 bridgehead atoms. The van der Waals surface area contributed by atoms with Crippen LogP contribution in [0.4, 0.5) is 13.2 Å². The molecule has 5 aromatic rings. The van der Waals surface area contributed by atoms with Crippen LogP contribution < -0.4 is 10.5 Å². The number of carbonyl (C=O) groups excluding carboxylic acids is 2. The SMILES string of the molecule is NC(=O)C1c2ccc(OC(=O)c3ccccc3-c3ccc(C(F)(F)F)cc3)cc2CCN1CC(c1ccccc1)c1ccccc1. The normalized spacial score (nSPS) is 14.9. The van der Waals surface area contributed by atoms with Crippen molar-refractivity contribution >= 4 is 11.9 Å². The Morgan fingerprint density at radius 3 is 2.02 bits per heavy atom. The van der Waals surface area contributed by atoms with Gasteiger partial charge >= 0.3 is 12.1 Å². The van der Waals surface area contributed by atoms with E-state index in [9.17, 15) is 22.8 Å². The fourth-order valence-corrected chi connectivity index (χ4v) is 6.17. The number of nitrogens with zero attached hydrogens (tertiary/aromatic N) is 1. The van der Waals surface area contributed by atoms with Gasteiger partial charge in [-0.1, -0.05) is 97.1 Å². The average Bonchev–Trinajstić information content (AvgIpc) is 3.07. The monoisotopic (exact) mass is 620 g/mol. The number of ether oxygens (including phenoxy) is 1. The summed E-state index contributed by atoms with van der Waals surface area (Å²) in [7, 11) is 0. The standard InChI is InChI=1S/C38H31F3N2O3/c39-38(40,41)29-17-15-27(16-18-29)31-13-7-8-14-33(31)37(45)46-30-19-20-32-28(23-30)21-22-43(35(32)36(42)44)24-34(25-9-3-1-4-10-25)26-11-5-2-6-12-26/h1-20,23,34-35H,21-22,24H2,(H2,42,44). The maximum atomic E-state index is 13.3. The number of alkyl halides is 3. The van der Waals surface area contributed by atoms with E-state index in [1.54, 1.807) is 42.5 Å². The number of amides is 1. The Bertz CT molecular complexity index is 1800. The van der Waals surface area contributed by atoms with Crippen molar-refractivity contribution in [3.05, 3.63) is 161 Å². The number of hydrogen-bond donors (Lipinski definition) is 1. The second kappa shape index (κ2) is 13.0. The van der Waals surface area contributed by atoms with Crippen LogP contribution in [-0.4, -0.2) is 29.9 Å². The van der Waals surface area contributed by atoms with Gasteiger partial charge in [-0.2, -0.15) is 13.2 Å². The van der Waals surface area contributed by atoms with E-state index in [-0.39, 0.29) is 11.5 Å². The summed E-state index contributed by atoms with van der Waals surface area (Å²) in [6.07, 6.45) is -3.84. The second-order valence-electron chi connectivity index (χ2n) is 11.3. The molecule has 46 heavy (non-hydrogen) atoms. The zero-order chi connectivity index (χ0) is 32.3. The minimum atomic E-state index is -4.46. The fourth-order valence-electron chi connectivity index (χ4n) is 6.17. The predicted molar refractivity (Wildman–Crippen MR) is 170 cm³/mol. The fraction of sp³-hybridized carbons (Fsp3) is 0.158. The largest absolute Gasteiger partial charge is 0.423 e. The number of nitrogens with two attached hydrogens (primary N) is 1. The molecule has 1 amide bonds. The summed E-state index contributed by atoms with van der Waals surface area (Å²) in [5.74, 6) is -0.784. The third-order valence-corrected chi connectivity index (χ3v) is 8.41. The molecule has 0 saturated heterocycles. The molecular formula is C38H31F3N2O3. The highest BCUT2D eigenvalue weighted by Gasteiger charge is 2.34. The molecule has 232 valence electrons. The van der Waals surface area contributed by atoms with E-state index in [4.69, 9.17) is 10.5 Å². The molecule has 5 nitrogen and oxygen atoms in total. The van der Waals surface area contributed by atoms with Crippen molar-refractivity contribution in [2.75, 3.05) is 13.1 Å². The molecule has 0 spiro atoms. The Hall–Kier alpha value is -5.21. The molecule has 8 heteroatoms. The highest BCUT2D eigenvalue weighted by molar-refractivity contribution is 5.98. The van der Waals surface area contributed by atoms with Gasteiger partial charge in [-0.15, -0.1) is 0 Å². The number of halogens is 3. The minimum Gasteiger partial charge on any atom is -0.423 e. The molecule has 1 unspecified atom stereocenters. The van der Waals surface area contributed by atoms with Gasteiger partial charge in [0.25, 0.3) is 0 Å². The van der Waals surface area contributed by atoms with Gasteiger partial charge in [0.15, 0.2) is 0 Å². The van der Waals surface area contributed by atoms with Crippen molar-refractivity contribution in [2.24, 2.45) is 5.73 Å². The Morgan fingerprint density at radius 1 is 0.804 bits per heavy atom. The van der Waals surface area contributed by atoms with E-state index in [0.717, 1.165) is 34.4 Å². The summed E-state index contributed by atoms with van der Waals surface area (Å²) in [5.41, 5.74) is 10.3. The molecule has 2 N–H and O–H groups in total. The summed E-state index contributed by atoms with van der Waals surface area (Å²) >= 11 is 0. The number of rotatable bonds is 8. The number of primary amides is 1. The van der Waals surface area contributed by atoms with Crippen molar-refractivity contribution in [1.82, 2.24) is 4.90 Å². The molecular weight excluding hydrogens is 589 g/mol. The van der Waals surface area contributed by atoms with E-state index in [1.165, 1.54) is 12.1 Å². The average molecular weight is 621 g/mol. The highest BCUT2D eigenvalue weighted by atomic mass is 19.4. The summed E-state index contributed by atoms with van der Waals surface area (Å²) in [6, 6.07) is 36.1. The maximum absolute atomic E-state index is 13.3. The van der Waals surface area contributed by atoms with E-state index >= 15 is 0 Å². The number of benzene rings is 5. The summed E-state index contributed by atoms with van der Waals surface area (Å²) in [6.45, 7) is 1.16. The van der Waals surface area contributed by atoms with Crippen LogP contribution in [0, 0.1) is 0 Å². The lowest BCUT2D eigenvalue weighted by Crippen LogP contribution is -2.44. The zero-order valence-corrected chi connectivity index (χ0v) is 24.8. The predicted octanol–water partition coefficient (Wildman–Crippen LogP) is 7.81. The van der Waals surface area contributed by atoms with Gasteiger partial charge in [0, 0.05) is 19.0 Å². The van der Waals surface area contributed by atoms with Crippen LogP contribution in [-0.2, 0) is 17.4 Å². The lowest BCUT2D eigenvalue weighted by molar-refractivity contribution is -0.137. The summed E-state index contributed by atoms with van der Waals surface area (Å²) in [5, 5.41) is 0. The molecule has 0 aliphatic carbocycles. The first-order valence-electron chi connectivity index (χ1n) is 14.9. The molecule has 1 atom stereocenters. The van der Waals surface area contributed by atoms with Crippen LogP contribution in [0.2, 0.25) is 0 Å². The van der Waals surface area contributed by atoms with Crippen molar-refractivity contribution < 1.29 is 27.5 Å². The topological polar surface area (TPSA) is 72.6 Å². The van der Waals surface area contributed by atoms with E-state index in [1.807, 2.05) is 36.4 Å². The first kappa shape index (κ1) is 30.8. The van der Waals surface area contributed by atoms with E-state index in [2.05, 4.69) is 29.2 Å². The van der Waals surface area contributed by atoms with Gasteiger partial charge in [0.05, 0.1) is 11.1 Å². The molecule has 5 aromatic carbocycles. The van der Waals surface area contributed by atoms with Gasteiger partial charge in [0.1, 0.15) is 11.8 Å². The Kier molecular flexibility index (Phi) is 8.72. The first-order chi connectivity index (χ1) is 22.2. The second-order valence-corrected chi connectivity index (χ2v) is 11.3. The number of carbonyl (C=O) groups is 2. The van der Waals surface area contributed by atoms with Crippen LogP contribution in [0.5, 0.6) is 5.75 Å².